The molecule has 0 bridgehead atoms. The zero-order valence-corrected chi connectivity index (χ0v) is 7.85. The molecule has 0 fully saturated rings. The van der Waals surface area contributed by atoms with Crippen molar-refractivity contribution in [1.29, 1.82) is 0 Å². The Morgan fingerprint density at radius 2 is 1.33 bits per heavy atom. The van der Waals surface area contributed by atoms with Crippen LogP contribution in [-0.2, 0) is 4.74 Å². The van der Waals surface area contributed by atoms with Crippen LogP contribution in [0.5, 0.6) is 0 Å². The monoisotopic (exact) mass is 150 g/mol. The highest BCUT2D eigenvalue weighted by atomic mass is 28.3. The molecule has 0 aromatic heterocycles. The van der Waals surface area contributed by atoms with Crippen LogP contribution in [0, 0.1) is 0 Å². The fourth-order valence-electron chi connectivity index (χ4n) is 0. The van der Waals surface area contributed by atoms with Gasteiger partial charge >= 0.3 is 0 Å². The lowest BCUT2D eigenvalue weighted by atomic mass is 10.9. The van der Waals surface area contributed by atoms with Crippen molar-refractivity contribution >= 4 is 8.80 Å². The van der Waals surface area contributed by atoms with E-state index in [1.165, 1.54) is 0 Å². The van der Waals surface area contributed by atoms with Gasteiger partial charge in [-0.05, 0) is 6.92 Å². The summed E-state index contributed by atoms with van der Waals surface area (Å²) in [7, 11) is 1.54. The van der Waals surface area contributed by atoms with E-state index in [9.17, 15) is 0 Å². The number of hydrogen-bond acceptors (Lipinski definition) is 1. The van der Waals surface area contributed by atoms with Crippen LogP contribution in [0.15, 0.2) is 0 Å². The van der Waals surface area contributed by atoms with Crippen molar-refractivity contribution in [1.82, 2.24) is 0 Å². The van der Waals surface area contributed by atoms with Crippen molar-refractivity contribution in [2.75, 3.05) is 13.7 Å². The molecule has 0 amide bonds. The predicted octanol–water partition coefficient (Wildman–Crippen LogP) is 2.39. The lowest BCUT2D eigenvalue weighted by molar-refractivity contribution is 0.215. The van der Waals surface area contributed by atoms with E-state index < -0.39 is 0 Å². The molecule has 0 aliphatic heterocycles. The molecule has 0 aliphatic carbocycles. The molecule has 0 aliphatic rings. The zero-order chi connectivity index (χ0) is 6.99. The maximum Gasteiger partial charge on any atom is 0.0433 e. The Bertz CT molecular complexity index is 25.3. The van der Waals surface area contributed by atoms with Crippen LogP contribution in [0.4, 0.5) is 0 Å². The molecule has 0 aromatic rings. The van der Waals surface area contributed by atoms with Gasteiger partial charge in [0, 0.05) is 22.5 Å². The second kappa shape index (κ2) is 15.7. The van der Waals surface area contributed by atoms with E-state index >= 15 is 0 Å². The van der Waals surface area contributed by atoms with Crippen molar-refractivity contribution < 1.29 is 4.74 Å². The van der Waals surface area contributed by atoms with E-state index in [0.29, 0.717) is 0 Å². The minimum Gasteiger partial charge on any atom is -0.385 e. The fraction of sp³-hybridized carbons (Fsp3) is 1.00. The first-order valence-electron chi connectivity index (χ1n) is 3.14. The van der Waals surface area contributed by atoms with Crippen molar-refractivity contribution in [2.45, 2.75) is 34.0 Å². The van der Waals surface area contributed by atoms with E-state index in [2.05, 4.69) is 24.4 Å². The first-order valence-corrected chi connectivity index (χ1v) is 6.60. The molecule has 0 spiro atoms. The standard InChI is InChI=1S/C3H8O.C3H10Si.CH4/c1-3-4-2;1-4(2)3;/h3H2,1-2H3;4H,1-3H3;1H4. The highest BCUT2D eigenvalue weighted by Gasteiger charge is 1.71. The molecule has 0 unspecified atom stereocenters. The summed E-state index contributed by atoms with van der Waals surface area (Å²) >= 11 is 0. The molecule has 9 heavy (non-hydrogen) atoms. The SMILES string of the molecule is C.CCOC.C[SiH](C)C. The van der Waals surface area contributed by atoms with Crippen molar-refractivity contribution in [2.24, 2.45) is 0 Å². The highest BCUT2D eigenvalue weighted by molar-refractivity contribution is 6.54. The minimum absolute atomic E-state index is 0. The minimum atomic E-state index is -0.139. The molecule has 0 saturated carbocycles. The van der Waals surface area contributed by atoms with Crippen molar-refractivity contribution in [3.8, 4) is 0 Å². The maximum atomic E-state index is 4.54. The smallest absolute Gasteiger partial charge is 0.0433 e. The normalized spacial score (nSPS) is 7.33. The van der Waals surface area contributed by atoms with Crippen LogP contribution < -0.4 is 0 Å². The lowest BCUT2D eigenvalue weighted by Crippen LogP contribution is -1.84. The summed E-state index contributed by atoms with van der Waals surface area (Å²) < 4.78 is 4.54. The van der Waals surface area contributed by atoms with E-state index in [1.807, 2.05) is 6.92 Å². The number of methoxy groups -OCH3 is 1. The van der Waals surface area contributed by atoms with Crippen LogP contribution in [0.25, 0.3) is 0 Å². The third-order valence-corrected chi connectivity index (χ3v) is 0.289. The van der Waals surface area contributed by atoms with Gasteiger partial charge in [-0.25, -0.2) is 0 Å². The molecular formula is C7H22OSi. The summed E-state index contributed by atoms with van der Waals surface area (Å²) in [6, 6.07) is 0. The average Bonchev–Trinajstić information content (AvgIpc) is 1.65. The number of hydrogen-bond donors (Lipinski definition) is 0. The molecule has 0 heterocycles. The zero-order valence-electron chi connectivity index (χ0n) is 6.69. The van der Waals surface area contributed by atoms with Gasteiger partial charge in [-0.15, -0.1) is 0 Å². The highest BCUT2D eigenvalue weighted by Crippen LogP contribution is 1.68. The second-order valence-corrected chi connectivity index (χ2v) is 5.77. The van der Waals surface area contributed by atoms with E-state index in [1.54, 1.807) is 7.11 Å². The number of rotatable bonds is 1. The third kappa shape index (κ3) is 225. The summed E-state index contributed by atoms with van der Waals surface area (Å²) in [4.78, 5) is 0. The van der Waals surface area contributed by atoms with E-state index in [4.69, 9.17) is 0 Å². The average molecular weight is 150 g/mol. The predicted molar refractivity (Wildman–Crippen MR) is 49.0 cm³/mol. The molecule has 0 aromatic carbocycles. The van der Waals surface area contributed by atoms with Gasteiger partial charge in [0.25, 0.3) is 0 Å². The van der Waals surface area contributed by atoms with Crippen LogP contribution in [0.2, 0.25) is 19.6 Å². The van der Waals surface area contributed by atoms with Gasteiger partial charge in [0.05, 0.1) is 0 Å². The van der Waals surface area contributed by atoms with Gasteiger partial charge in [0.2, 0.25) is 0 Å². The summed E-state index contributed by atoms with van der Waals surface area (Å²) in [6.07, 6.45) is 0. The Labute approximate surface area is 62.0 Å². The van der Waals surface area contributed by atoms with Crippen LogP contribution in [-0.4, -0.2) is 22.5 Å². The molecule has 2 heteroatoms. The molecule has 0 atom stereocenters. The molecule has 0 N–H and O–H groups in total. The molecule has 1 nitrogen and oxygen atoms in total. The Morgan fingerprint density at radius 3 is 1.33 bits per heavy atom. The summed E-state index contributed by atoms with van der Waals surface area (Å²) in [5, 5.41) is 0. The fourth-order valence-corrected chi connectivity index (χ4v) is 0. The Kier molecular flexibility index (Phi) is 28.1. The molecule has 0 radical (unpaired) electrons. The Balaban J connectivity index is -0.0000000720. The van der Waals surface area contributed by atoms with Crippen LogP contribution >= 0.6 is 0 Å². The first-order chi connectivity index (χ1) is 3.65. The maximum absolute atomic E-state index is 4.54. The summed E-state index contributed by atoms with van der Waals surface area (Å²) in [6.45, 7) is 9.69. The van der Waals surface area contributed by atoms with E-state index in [-0.39, 0.29) is 16.2 Å². The van der Waals surface area contributed by atoms with Crippen LogP contribution in [0.3, 0.4) is 0 Å². The van der Waals surface area contributed by atoms with Crippen molar-refractivity contribution in [3.05, 3.63) is 0 Å². The van der Waals surface area contributed by atoms with Gasteiger partial charge in [-0.1, -0.05) is 27.1 Å². The first kappa shape index (κ1) is 16.1. The van der Waals surface area contributed by atoms with E-state index in [0.717, 1.165) is 6.61 Å². The lowest BCUT2D eigenvalue weighted by Gasteiger charge is -1.76. The van der Waals surface area contributed by atoms with Gasteiger partial charge in [0.15, 0.2) is 0 Å². The molecule has 0 rings (SSSR count). The quantitative estimate of drug-likeness (QED) is 0.522. The van der Waals surface area contributed by atoms with Crippen molar-refractivity contribution in [3.63, 3.8) is 0 Å². The van der Waals surface area contributed by atoms with Gasteiger partial charge in [-0.2, -0.15) is 0 Å². The third-order valence-electron chi connectivity index (χ3n) is 0.289. The number of ether oxygens (including phenoxy) is 1. The Hall–Kier alpha value is 0.177. The second-order valence-electron chi connectivity index (χ2n) is 2.31. The largest absolute Gasteiger partial charge is 0.385 e. The van der Waals surface area contributed by atoms with Gasteiger partial charge < -0.3 is 4.74 Å². The summed E-state index contributed by atoms with van der Waals surface area (Å²) in [5.74, 6) is 0. The topological polar surface area (TPSA) is 9.23 Å². The molecule has 60 valence electrons. The van der Waals surface area contributed by atoms with Gasteiger partial charge in [0.1, 0.15) is 0 Å². The summed E-state index contributed by atoms with van der Waals surface area (Å²) in [5.41, 5.74) is 0. The Morgan fingerprint density at radius 1 is 1.22 bits per heavy atom. The molecule has 0 saturated heterocycles. The van der Waals surface area contributed by atoms with Gasteiger partial charge in [-0.3, -0.25) is 0 Å². The van der Waals surface area contributed by atoms with Crippen LogP contribution in [0.1, 0.15) is 14.4 Å². The molecular weight excluding hydrogens is 128 g/mol.